The molecule has 12 heavy (non-hydrogen) atoms. The molecule has 0 aromatic rings. The number of primary amides is 2. The normalized spacial score (nSPS) is 12.8. The lowest BCUT2D eigenvalue weighted by Gasteiger charge is -1.88. The maximum Gasteiger partial charge on any atom is 0.260 e. The van der Waals surface area contributed by atoms with Crippen LogP contribution in [0, 0.1) is 0 Å². The standard InChI is InChI=1S/C6H6Cl2N2O2/c7-3(5(9)11)1-2-4(8)6(10)12/h1-2H,(H2,9,11)(H2,10,12)/b3-1-,4-2-. The second-order valence-electron chi connectivity index (χ2n) is 1.76. The van der Waals surface area contributed by atoms with Gasteiger partial charge in [0.1, 0.15) is 10.1 Å². The number of hydrogen-bond donors (Lipinski definition) is 2. The fourth-order valence-electron chi connectivity index (χ4n) is 0.311. The molecular weight excluding hydrogens is 203 g/mol. The molecule has 0 spiro atoms. The zero-order valence-electron chi connectivity index (χ0n) is 5.88. The number of carbonyl (C=O) groups is 2. The average Bonchev–Trinajstić information content (AvgIpc) is 1.98. The Hall–Kier alpha value is -1.00. The van der Waals surface area contributed by atoms with E-state index in [-0.39, 0.29) is 10.1 Å². The Labute approximate surface area is 78.8 Å². The number of rotatable bonds is 3. The van der Waals surface area contributed by atoms with Gasteiger partial charge in [0.2, 0.25) is 0 Å². The summed E-state index contributed by atoms with van der Waals surface area (Å²) in [5.41, 5.74) is 9.54. The summed E-state index contributed by atoms with van der Waals surface area (Å²) in [6.07, 6.45) is 2.19. The third-order valence-electron chi connectivity index (χ3n) is 0.847. The number of carbonyl (C=O) groups excluding carboxylic acids is 2. The first-order valence-electron chi connectivity index (χ1n) is 2.77. The molecule has 66 valence electrons. The molecule has 0 aliphatic heterocycles. The summed E-state index contributed by atoms with van der Waals surface area (Å²) >= 11 is 10.6. The molecule has 0 atom stereocenters. The van der Waals surface area contributed by atoms with Crippen molar-refractivity contribution >= 4 is 35.0 Å². The van der Waals surface area contributed by atoms with Crippen LogP contribution in [0.25, 0.3) is 0 Å². The molecule has 0 unspecified atom stereocenters. The molecule has 0 rings (SSSR count). The molecule has 0 aliphatic carbocycles. The van der Waals surface area contributed by atoms with Gasteiger partial charge in [-0.05, 0) is 12.2 Å². The summed E-state index contributed by atoms with van der Waals surface area (Å²) in [5, 5.41) is -0.455. The van der Waals surface area contributed by atoms with Gasteiger partial charge >= 0.3 is 0 Å². The van der Waals surface area contributed by atoms with Gasteiger partial charge in [-0.1, -0.05) is 23.2 Å². The van der Waals surface area contributed by atoms with Crippen LogP contribution in [0.3, 0.4) is 0 Å². The van der Waals surface area contributed by atoms with Gasteiger partial charge in [0.05, 0.1) is 0 Å². The summed E-state index contributed by atoms with van der Waals surface area (Å²) < 4.78 is 0. The van der Waals surface area contributed by atoms with Gasteiger partial charge in [-0.2, -0.15) is 0 Å². The lowest BCUT2D eigenvalue weighted by Crippen LogP contribution is -2.11. The Morgan fingerprint density at radius 3 is 1.33 bits per heavy atom. The molecule has 2 amide bonds. The fourth-order valence-corrected chi connectivity index (χ4v) is 0.437. The lowest BCUT2D eigenvalue weighted by atomic mass is 10.4. The molecule has 0 bridgehead atoms. The van der Waals surface area contributed by atoms with Crippen LogP contribution in [0.15, 0.2) is 22.2 Å². The molecule has 6 heteroatoms. The third kappa shape index (κ3) is 4.00. The third-order valence-corrected chi connectivity index (χ3v) is 1.47. The monoisotopic (exact) mass is 208 g/mol. The van der Waals surface area contributed by atoms with E-state index in [4.69, 9.17) is 34.7 Å². The van der Waals surface area contributed by atoms with E-state index < -0.39 is 11.8 Å². The molecule has 0 fully saturated rings. The topological polar surface area (TPSA) is 86.2 Å². The second kappa shape index (κ2) is 4.79. The number of amides is 2. The molecule has 0 aliphatic rings. The van der Waals surface area contributed by atoms with Crippen LogP contribution < -0.4 is 11.5 Å². The highest BCUT2D eigenvalue weighted by atomic mass is 35.5. The van der Waals surface area contributed by atoms with Crippen LogP contribution in [0.4, 0.5) is 0 Å². The molecule has 4 nitrogen and oxygen atoms in total. The molecule has 0 saturated heterocycles. The van der Waals surface area contributed by atoms with Crippen LogP contribution in [-0.2, 0) is 9.59 Å². The predicted octanol–water partition coefficient (Wildman–Crippen LogP) is 0.202. The highest BCUT2D eigenvalue weighted by Crippen LogP contribution is 2.04. The molecular formula is C6H6Cl2N2O2. The molecule has 0 saturated carbocycles. The van der Waals surface area contributed by atoms with E-state index in [9.17, 15) is 9.59 Å². The van der Waals surface area contributed by atoms with Crippen molar-refractivity contribution in [3.8, 4) is 0 Å². The van der Waals surface area contributed by atoms with E-state index in [1.165, 1.54) is 0 Å². The second-order valence-corrected chi connectivity index (χ2v) is 2.57. The molecule has 0 aromatic heterocycles. The zero-order valence-corrected chi connectivity index (χ0v) is 7.39. The summed E-state index contributed by atoms with van der Waals surface area (Å²) in [5.74, 6) is -1.61. The van der Waals surface area contributed by atoms with Crippen molar-refractivity contribution in [2.24, 2.45) is 11.5 Å². The SMILES string of the molecule is NC(=O)/C(Cl)=C/C=C(\Cl)C(N)=O. The summed E-state index contributed by atoms with van der Waals surface area (Å²) in [7, 11) is 0. The van der Waals surface area contributed by atoms with Crippen LogP contribution in [0.2, 0.25) is 0 Å². The van der Waals surface area contributed by atoms with Gasteiger partial charge in [-0.3, -0.25) is 9.59 Å². The largest absolute Gasteiger partial charge is 0.365 e. The Morgan fingerprint density at radius 2 is 1.17 bits per heavy atom. The van der Waals surface area contributed by atoms with Crippen molar-refractivity contribution < 1.29 is 9.59 Å². The Kier molecular flexibility index (Phi) is 4.39. The minimum Gasteiger partial charge on any atom is -0.365 e. The van der Waals surface area contributed by atoms with Gasteiger partial charge in [0.25, 0.3) is 11.8 Å². The number of nitrogens with two attached hydrogens (primary N) is 2. The quantitative estimate of drug-likeness (QED) is 0.513. The van der Waals surface area contributed by atoms with Crippen LogP contribution in [-0.4, -0.2) is 11.8 Å². The van der Waals surface area contributed by atoms with Crippen molar-refractivity contribution in [2.45, 2.75) is 0 Å². The molecule has 4 N–H and O–H groups in total. The van der Waals surface area contributed by atoms with Crippen LogP contribution in [0.1, 0.15) is 0 Å². The number of allylic oxidation sites excluding steroid dienone is 2. The highest BCUT2D eigenvalue weighted by Gasteiger charge is 2.00. The summed E-state index contributed by atoms with van der Waals surface area (Å²) in [6, 6.07) is 0. The Balaban J connectivity index is 4.48. The van der Waals surface area contributed by atoms with E-state index >= 15 is 0 Å². The Morgan fingerprint density at radius 1 is 0.917 bits per heavy atom. The first-order valence-corrected chi connectivity index (χ1v) is 3.53. The number of hydrogen-bond acceptors (Lipinski definition) is 2. The predicted molar refractivity (Wildman–Crippen MR) is 46.3 cm³/mol. The molecule has 0 heterocycles. The van der Waals surface area contributed by atoms with Crippen molar-refractivity contribution in [3.05, 3.63) is 22.2 Å². The van der Waals surface area contributed by atoms with Gasteiger partial charge in [0.15, 0.2) is 0 Å². The van der Waals surface area contributed by atoms with Crippen LogP contribution in [0.5, 0.6) is 0 Å². The molecule has 0 radical (unpaired) electrons. The van der Waals surface area contributed by atoms with Gasteiger partial charge in [-0.15, -0.1) is 0 Å². The van der Waals surface area contributed by atoms with Crippen LogP contribution >= 0.6 is 23.2 Å². The van der Waals surface area contributed by atoms with Crippen molar-refractivity contribution in [1.82, 2.24) is 0 Å². The van der Waals surface area contributed by atoms with Crippen molar-refractivity contribution in [3.63, 3.8) is 0 Å². The average molecular weight is 209 g/mol. The first-order chi connectivity index (χ1) is 5.45. The van der Waals surface area contributed by atoms with Crippen molar-refractivity contribution in [1.29, 1.82) is 0 Å². The van der Waals surface area contributed by atoms with E-state index in [0.717, 1.165) is 12.2 Å². The van der Waals surface area contributed by atoms with E-state index in [2.05, 4.69) is 0 Å². The minimum absolute atomic E-state index is 0.227. The maximum atomic E-state index is 10.3. The number of halogens is 2. The smallest absolute Gasteiger partial charge is 0.260 e. The van der Waals surface area contributed by atoms with E-state index in [1.807, 2.05) is 0 Å². The zero-order chi connectivity index (χ0) is 9.72. The summed E-state index contributed by atoms with van der Waals surface area (Å²) in [6.45, 7) is 0. The van der Waals surface area contributed by atoms with Crippen molar-refractivity contribution in [2.75, 3.05) is 0 Å². The Bertz CT molecular complexity index is 243. The van der Waals surface area contributed by atoms with E-state index in [0.29, 0.717) is 0 Å². The maximum absolute atomic E-state index is 10.3. The van der Waals surface area contributed by atoms with E-state index in [1.54, 1.807) is 0 Å². The fraction of sp³-hybridized carbons (Fsp3) is 0. The lowest BCUT2D eigenvalue weighted by molar-refractivity contribution is -0.114. The highest BCUT2D eigenvalue weighted by molar-refractivity contribution is 6.43. The van der Waals surface area contributed by atoms with Gasteiger partial charge < -0.3 is 11.5 Å². The summed E-state index contributed by atoms with van der Waals surface area (Å²) in [4.78, 5) is 20.6. The first kappa shape index (κ1) is 11.0. The van der Waals surface area contributed by atoms with Gasteiger partial charge in [0, 0.05) is 0 Å². The van der Waals surface area contributed by atoms with Gasteiger partial charge in [-0.25, -0.2) is 0 Å². The minimum atomic E-state index is -0.804. The molecule has 0 aromatic carbocycles.